The summed E-state index contributed by atoms with van der Waals surface area (Å²) in [5.41, 5.74) is 0.684. The standard InChI is InChI=1S/C12H21N3OS/c1-2-15-11(3-6-14-15)9-13-10-12(16)4-7-17-8-5-12/h3,6,13,16H,2,4-5,7-10H2,1H3. The van der Waals surface area contributed by atoms with Crippen LogP contribution in [0.1, 0.15) is 25.5 Å². The van der Waals surface area contributed by atoms with Crippen LogP contribution in [-0.2, 0) is 13.1 Å². The predicted molar refractivity (Wildman–Crippen MR) is 71.1 cm³/mol. The second kappa shape index (κ2) is 5.89. The van der Waals surface area contributed by atoms with Crippen molar-refractivity contribution >= 4 is 11.8 Å². The fourth-order valence-corrected chi connectivity index (χ4v) is 3.40. The van der Waals surface area contributed by atoms with Gasteiger partial charge in [-0.15, -0.1) is 0 Å². The van der Waals surface area contributed by atoms with Crippen LogP contribution in [-0.4, -0.2) is 38.5 Å². The van der Waals surface area contributed by atoms with E-state index in [0.29, 0.717) is 6.54 Å². The molecule has 1 aromatic rings. The van der Waals surface area contributed by atoms with Crippen LogP contribution < -0.4 is 5.32 Å². The molecule has 17 heavy (non-hydrogen) atoms. The van der Waals surface area contributed by atoms with E-state index in [4.69, 9.17) is 0 Å². The molecule has 0 aliphatic carbocycles. The molecule has 2 heterocycles. The Balaban J connectivity index is 1.79. The zero-order chi connectivity index (χ0) is 12.1. The molecule has 1 aliphatic heterocycles. The molecule has 96 valence electrons. The molecule has 0 atom stereocenters. The number of nitrogens with zero attached hydrogens (tertiary/aromatic N) is 2. The number of aromatic nitrogens is 2. The zero-order valence-corrected chi connectivity index (χ0v) is 11.2. The minimum Gasteiger partial charge on any atom is -0.389 e. The van der Waals surface area contributed by atoms with Crippen molar-refractivity contribution in [3.05, 3.63) is 18.0 Å². The van der Waals surface area contributed by atoms with E-state index in [1.165, 1.54) is 5.69 Å². The Kier molecular flexibility index (Phi) is 4.48. The molecule has 0 spiro atoms. The molecule has 0 unspecified atom stereocenters. The number of aryl methyl sites for hydroxylation is 1. The van der Waals surface area contributed by atoms with Crippen LogP contribution in [0.5, 0.6) is 0 Å². The maximum Gasteiger partial charge on any atom is 0.0787 e. The number of aliphatic hydroxyl groups is 1. The third-order valence-electron chi connectivity index (χ3n) is 3.29. The van der Waals surface area contributed by atoms with Gasteiger partial charge < -0.3 is 10.4 Å². The summed E-state index contributed by atoms with van der Waals surface area (Å²) >= 11 is 1.93. The first-order valence-corrected chi connectivity index (χ1v) is 7.40. The molecule has 0 amide bonds. The van der Waals surface area contributed by atoms with Gasteiger partial charge in [-0.25, -0.2) is 0 Å². The number of hydrogen-bond acceptors (Lipinski definition) is 4. The second-order valence-electron chi connectivity index (χ2n) is 4.58. The molecule has 1 aliphatic rings. The average molecular weight is 255 g/mol. The Morgan fingerprint density at radius 2 is 2.29 bits per heavy atom. The van der Waals surface area contributed by atoms with Gasteiger partial charge in [-0.05, 0) is 37.3 Å². The van der Waals surface area contributed by atoms with Gasteiger partial charge in [0.05, 0.1) is 11.3 Å². The van der Waals surface area contributed by atoms with Crippen molar-refractivity contribution in [3.8, 4) is 0 Å². The van der Waals surface area contributed by atoms with Crippen LogP contribution in [0.15, 0.2) is 12.3 Å². The summed E-state index contributed by atoms with van der Waals surface area (Å²) in [6.45, 7) is 4.44. The Labute approximate surface area is 107 Å². The van der Waals surface area contributed by atoms with Gasteiger partial charge in [0.15, 0.2) is 0 Å². The fraction of sp³-hybridized carbons (Fsp3) is 0.750. The lowest BCUT2D eigenvalue weighted by Crippen LogP contribution is -2.43. The zero-order valence-electron chi connectivity index (χ0n) is 10.4. The summed E-state index contributed by atoms with van der Waals surface area (Å²) in [6, 6.07) is 2.03. The minimum atomic E-state index is -0.498. The van der Waals surface area contributed by atoms with Crippen molar-refractivity contribution < 1.29 is 5.11 Å². The maximum atomic E-state index is 10.3. The largest absolute Gasteiger partial charge is 0.389 e. The number of nitrogens with one attached hydrogen (secondary N) is 1. The van der Waals surface area contributed by atoms with Gasteiger partial charge in [-0.3, -0.25) is 4.68 Å². The van der Waals surface area contributed by atoms with Crippen LogP contribution in [0.25, 0.3) is 0 Å². The fourth-order valence-electron chi connectivity index (χ4n) is 2.15. The molecule has 1 aromatic heterocycles. The molecule has 2 rings (SSSR count). The van der Waals surface area contributed by atoms with Crippen LogP contribution in [0.3, 0.4) is 0 Å². The van der Waals surface area contributed by atoms with Gasteiger partial charge in [0.25, 0.3) is 0 Å². The van der Waals surface area contributed by atoms with Crippen molar-refractivity contribution in [2.45, 2.75) is 38.5 Å². The first-order valence-electron chi connectivity index (χ1n) is 6.25. The first-order chi connectivity index (χ1) is 8.23. The molecular weight excluding hydrogens is 234 g/mol. The highest BCUT2D eigenvalue weighted by Gasteiger charge is 2.28. The number of hydrogen-bond donors (Lipinski definition) is 2. The van der Waals surface area contributed by atoms with Crippen LogP contribution >= 0.6 is 11.8 Å². The van der Waals surface area contributed by atoms with E-state index in [2.05, 4.69) is 17.3 Å². The number of thioether (sulfide) groups is 1. The van der Waals surface area contributed by atoms with Crippen molar-refractivity contribution in [2.75, 3.05) is 18.1 Å². The Morgan fingerprint density at radius 3 is 3.00 bits per heavy atom. The predicted octanol–water partition coefficient (Wildman–Crippen LogP) is 1.25. The Bertz CT molecular complexity index is 347. The summed E-state index contributed by atoms with van der Waals surface area (Å²) < 4.78 is 1.98. The summed E-state index contributed by atoms with van der Waals surface area (Å²) in [6.07, 6.45) is 3.63. The summed E-state index contributed by atoms with van der Waals surface area (Å²) in [7, 11) is 0. The summed E-state index contributed by atoms with van der Waals surface area (Å²) in [4.78, 5) is 0. The van der Waals surface area contributed by atoms with Crippen molar-refractivity contribution in [3.63, 3.8) is 0 Å². The van der Waals surface area contributed by atoms with Gasteiger partial charge in [-0.2, -0.15) is 16.9 Å². The lowest BCUT2D eigenvalue weighted by atomic mass is 9.97. The SMILES string of the molecule is CCn1nccc1CNCC1(O)CCSCC1. The minimum absolute atomic E-state index is 0.498. The van der Waals surface area contributed by atoms with Crippen molar-refractivity contribution in [1.82, 2.24) is 15.1 Å². The van der Waals surface area contributed by atoms with Crippen LogP contribution in [0.4, 0.5) is 0 Å². The van der Waals surface area contributed by atoms with Crippen LogP contribution in [0.2, 0.25) is 0 Å². The summed E-state index contributed by atoms with van der Waals surface area (Å²) in [5.74, 6) is 2.15. The quantitative estimate of drug-likeness (QED) is 0.831. The lowest BCUT2D eigenvalue weighted by Gasteiger charge is -2.32. The maximum absolute atomic E-state index is 10.3. The summed E-state index contributed by atoms with van der Waals surface area (Å²) in [5, 5.41) is 17.9. The third-order valence-corrected chi connectivity index (χ3v) is 4.27. The molecule has 1 fully saturated rings. The smallest absolute Gasteiger partial charge is 0.0787 e. The third kappa shape index (κ3) is 3.47. The molecule has 1 saturated heterocycles. The Morgan fingerprint density at radius 1 is 1.53 bits per heavy atom. The van der Waals surface area contributed by atoms with E-state index in [0.717, 1.165) is 37.4 Å². The second-order valence-corrected chi connectivity index (χ2v) is 5.80. The van der Waals surface area contributed by atoms with Crippen molar-refractivity contribution in [1.29, 1.82) is 0 Å². The molecular formula is C12H21N3OS. The van der Waals surface area contributed by atoms with Gasteiger partial charge in [-0.1, -0.05) is 0 Å². The average Bonchev–Trinajstić information content (AvgIpc) is 2.77. The Hall–Kier alpha value is -0.520. The molecule has 5 heteroatoms. The first kappa shape index (κ1) is 12.9. The molecule has 0 bridgehead atoms. The van der Waals surface area contributed by atoms with E-state index in [1.54, 1.807) is 0 Å². The normalized spacial score (nSPS) is 19.4. The highest BCUT2D eigenvalue weighted by molar-refractivity contribution is 7.99. The van der Waals surface area contributed by atoms with Gasteiger partial charge in [0.1, 0.15) is 0 Å². The van der Waals surface area contributed by atoms with E-state index < -0.39 is 5.60 Å². The molecule has 4 nitrogen and oxygen atoms in total. The molecule has 0 aromatic carbocycles. The molecule has 0 radical (unpaired) electrons. The highest BCUT2D eigenvalue weighted by atomic mass is 32.2. The number of rotatable bonds is 5. The topological polar surface area (TPSA) is 50.1 Å². The van der Waals surface area contributed by atoms with Gasteiger partial charge in [0.2, 0.25) is 0 Å². The van der Waals surface area contributed by atoms with Crippen LogP contribution in [0, 0.1) is 0 Å². The molecule has 0 saturated carbocycles. The monoisotopic (exact) mass is 255 g/mol. The molecule has 2 N–H and O–H groups in total. The van der Waals surface area contributed by atoms with Gasteiger partial charge in [0, 0.05) is 25.8 Å². The highest BCUT2D eigenvalue weighted by Crippen LogP contribution is 2.26. The van der Waals surface area contributed by atoms with Gasteiger partial charge >= 0.3 is 0 Å². The van der Waals surface area contributed by atoms with E-state index in [-0.39, 0.29) is 0 Å². The van der Waals surface area contributed by atoms with E-state index in [1.807, 2.05) is 28.7 Å². The lowest BCUT2D eigenvalue weighted by molar-refractivity contribution is 0.0318. The van der Waals surface area contributed by atoms with E-state index >= 15 is 0 Å². The van der Waals surface area contributed by atoms with Crippen molar-refractivity contribution in [2.24, 2.45) is 0 Å². The van der Waals surface area contributed by atoms with E-state index in [9.17, 15) is 5.11 Å².